The minimum absolute atomic E-state index is 0.0213. The molecule has 18 heavy (non-hydrogen) atoms. The maximum Gasteiger partial charge on any atom is 0.0787 e. The lowest BCUT2D eigenvalue weighted by Crippen LogP contribution is -2.49. The highest BCUT2D eigenvalue weighted by Crippen LogP contribution is 2.38. The Morgan fingerprint density at radius 1 is 1.06 bits per heavy atom. The van der Waals surface area contributed by atoms with Crippen molar-refractivity contribution in [1.82, 2.24) is 5.32 Å². The second-order valence-electron chi connectivity index (χ2n) is 7.58. The summed E-state index contributed by atoms with van der Waals surface area (Å²) in [6.45, 7) is 11.3. The third-order valence-electron chi connectivity index (χ3n) is 4.90. The Kier molecular flexibility index (Phi) is 4.08. The van der Waals surface area contributed by atoms with Gasteiger partial charge in [0.25, 0.3) is 0 Å². The highest BCUT2D eigenvalue weighted by Gasteiger charge is 2.46. The summed E-state index contributed by atoms with van der Waals surface area (Å²) in [5, 5.41) is 3.87. The van der Waals surface area contributed by atoms with Crippen molar-refractivity contribution in [1.29, 1.82) is 0 Å². The molecule has 2 fully saturated rings. The summed E-state index contributed by atoms with van der Waals surface area (Å²) in [6.07, 6.45) is 8.22. The van der Waals surface area contributed by atoms with Crippen LogP contribution in [0.25, 0.3) is 0 Å². The Bertz CT molecular complexity index is 279. The zero-order valence-electron chi connectivity index (χ0n) is 12.9. The van der Waals surface area contributed by atoms with Gasteiger partial charge >= 0.3 is 0 Å². The van der Waals surface area contributed by atoms with Crippen LogP contribution >= 0.6 is 0 Å². The second kappa shape index (κ2) is 5.13. The number of ether oxygens (including phenoxy) is 1. The number of hydrogen-bond acceptors (Lipinski definition) is 2. The summed E-state index contributed by atoms with van der Waals surface area (Å²) in [5.74, 6) is 0.873. The Morgan fingerprint density at radius 2 is 1.67 bits per heavy atom. The van der Waals surface area contributed by atoms with E-state index in [2.05, 4.69) is 39.9 Å². The molecule has 1 saturated heterocycles. The molecule has 2 heteroatoms. The molecular formula is C16H31NO. The molecule has 2 nitrogen and oxygen atoms in total. The molecule has 0 amide bonds. The number of hydrogen-bond donors (Lipinski definition) is 1. The van der Waals surface area contributed by atoms with Crippen molar-refractivity contribution in [2.45, 2.75) is 96.4 Å². The number of nitrogens with one attached hydrogen (secondary N) is 1. The summed E-state index contributed by atoms with van der Waals surface area (Å²) < 4.78 is 6.17. The van der Waals surface area contributed by atoms with Crippen LogP contribution in [-0.4, -0.2) is 23.3 Å². The standard InChI is InChI=1S/C16H31NO/c1-12(13-9-7-6-8-10-13)17-14-11-15(2,3)18-16(14,4)5/h12-14,17H,6-11H2,1-5H3/t12-,14?/m0/s1. The quantitative estimate of drug-likeness (QED) is 0.824. The molecule has 0 aromatic carbocycles. The van der Waals surface area contributed by atoms with Gasteiger partial charge in [0.1, 0.15) is 0 Å². The molecule has 1 saturated carbocycles. The number of rotatable bonds is 3. The molecule has 1 N–H and O–H groups in total. The molecule has 2 rings (SSSR count). The fourth-order valence-corrected chi connectivity index (χ4v) is 3.91. The van der Waals surface area contributed by atoms with Crippen molar-refractivity contribution >= 4 is 0 Å². The van der Waals surface area contributed by atoms with Crippen LogP contribution in [0.3, 0.4) is 0 Å². The fraction of sp³-hybridized carbons (Fsp3) is 1.00. The van der Waals surface area contributed by atoms with Gasteiger partial charge in [-0.25, -0.2) is 0 Å². The first-order valence-electron chi connectivity index (χ1n) is 7.76. The van der Waals surface area contributed by atoms with Crippen molar-refractivity contribution in [3.8, 4) is 0 Å². The van der Waals surface area contributed by atoms with Crippen LogP contribution in [0.4, 0.5) is 0 Å². The van der Waals surface area contributed by atoms with Crippen LogP contribution in [0, 0.1) is 5.92 Å². The summed E-state index contributed by atoms with van der Waals surface area (Å²) in [4.78, 5) is 0. The zero-order valence-corrected chi connectivity index (χ0v) is 12.9. The lowest BCUT2D eigenvalue weighted by atomic mass is 9.83. The molecule has 2 atom stereocenters. The molecule has 1 unspecified atom stereocenters. The Balaban J connectivity index is 1.92. The van der Waals surface area contributed by atoms with Crippen molar-refractivity contribution in [2.24, 2.45) is 5.92 Å². The van der Waals surface area contributed by atoms with Gasteiger partial charge in [-0.05, 0) is 59.8 Å². The molecule has 0 radical (unpaired) electrons. The van der Waals surface area contributed by atoms with E-state index in [1.807, 2.05) is 0 Å². The van der Waals surface area contributed by atoms with Gasteiger partial charge in [0, 0.05) is 12.1 Å². The van der Waals surface area contributed by atoms with Crippen LogP contribution in [0.5, 0.6) is 0 Å². The van der Waals surface area contributed by atoms with E-state index < -0.39 is 0 Å². The molecule has 1 aliphatic heterocycles. The van der Waals surface area contributed by atoms with Crippen LogP contribution in [0.1, 0.15) is 73.1 Å². The van der Waals surface area contributed by atoms with Crippen molar-refractivity contribution in [3.63, 3.8) is 0 Å². The third-order valence-corrected chi connectivity index (χ3v) is 4.90. The van der Waals surface area contributed by atoms with Gasteiger partial charge in [0.2, 0.25) is 0 Å². The monoisotopic (exact) mass is 253 g/mol. The molecule has 1 heterocycles. The normalized spacial score (nSPS) is 33.5. The van der Waals surface area contributed by atoms with Gasteiger partial charge in [0.05, 0.1) is 11.2 Å². The van der Waals surface area contributed by atoms with E-state index in [0.717, 1.165) is 12.3 Å². The molecule has 106 valence electrons. The second-order valence-corrected chi connectivity index (χ2v) is 7.58. The van der Waals surface area contributed by atoms with E-state index in [1.165, 1.54) is 32.1 Å². The van der Waals surface area contributed by atoms with E-state index in [9.17, 15) is 0 Å². The SMILES string of the molecule is C[C@H](NC1CC(C)(C)OC1(C)C)C1CCCCC1. The molecule has 2 aliphatic rings. The van der Waals surface area contributed by atoms with Gasteiger partial charge in [-0.2, -0.15) is 0 Å². The average molecular weight is 253 g/mol. The van der Waals surface area contributed by atoms with Crippen LogP contribution in [0.15, 0.2) is 0 Å². The van der Waals surface area contributed by atoms with E-state index in [-0.39, 0.29) is 11.2 Å². The van der Waals surface area contributed by atoms with Gasteiger partial charge in [-0.1, -0.05) is 19.3 Å². The van der Waals surface area contributed by atoms with Gasteiger partial charge in [0.15, 0.2) is 0 Å². The van der Waals surface area contributed by atoms with Crippen LogP contribution in [-0.2, 0) is 4.74 Å². The van der Waals surface area contributed by atoms with Crippen LogP contribution in [0.2, 0.25) is 0 Å². The van der Waals surface area contributed by atoms with Crippen molar-refractivity contribution in [2.75, 3.05) is 0 Å². The van der Waals surface area contributed by atoms with Gasteiger partial charge in [-0.3, -0.25) is 0 Å². The van der Waals surface area contributed by atoms with E-state index in [4.69, 9.17) is 4.74 Å². The summed E-state index contributed by atoms with van der Waals surface area (Å²) in [5.41, 5.74) is -0.0140. The lowest BCUT2D eigenvalue weighted by molar-refractivity contribution is -0.0708. The molecule has 0 bridgehead atoms. The molecular weight excluding hydrogens is 222 g/mol. The molecule has 1 aliphatic carbocycles. The van der Waals surface area contributed by atoms with Gasteiger partial charge < -0.3 is 10.1 Å². The molecule has 0 aromatic rings. The van der Waals surface area contributed by atoms with E-state index in [1.54, 1.807) is 0 Å². The Morgan fingerprint density at radius 3 is 2.17 bits per heavy atom. The topological polar surface area (TPSA) is 21.3 Å². The van der Waals surface area contributed by atoms with E-state index >= 15 is 0 Å². The average Bonchev–Trinajstić information content (AvgIpc) is 2.48. The predicted octanol–water partition coefficient (Wildman–Crippen LogP) is 3.89. The first kappa shape index (κ1) is 14.3. The van der Waals surface area contributed by atoms with E-state index in [0.29, 0.717) is 12.1 Å². The van der Waals surface area contributed by atoms with Crippen LogP contribution < -0.4 is 5.32 Å². The van der Waals surface area contributed by atoms with Crippen molar-refractivity contribution in [3.05, 3.63) is 0 Å². The smallest absolute Gasteiger partial charge is 0.0787 e. The maximum atomic E-state index is 6.17. The molecule has 0 spiro atoms. The highest BCUT2D eigenvalue weighted by molar-refractivity contribution is 5.00. The first-order valence-corrected chi connectivity index (χ1v) is 7.76. The molecule has 0 aromatic heterocycles. The van der Waals surface area contributed by atoms with Crippen molar-refractivity contribution < 1.29 is 4.74 Å². The fourth-order valence-electron chi connectivity index (χ4n) is 3.91. The van der Waals surface area contributed by atoms with Gasteiger partial charge in [-0.15, -0.1) is 0 Å². The minimum atomic E-state index is -0.0353. The largest absolute Gasteiger partial charge is 0.368 e. The first-order chi connectivity index (χ1) is 8.30. The summed E-state index contributed by atoms with van der Waals surface area (Å²) in [7, 11) is 0. The zero-order chi connectivity index (χ0) is 13.4. The Hall–Kier alpha value is -0.0800. The maximum absolute atomic E-state index is 6.17. The minimum Gasteiger partial charge on any atom is -0.368 e. The third kappa shape index (κ3) is 3.27. The highest BCUT2D eigenvalue weighted by atomic mass is 16.5. The lowest BCUT2D eigenvalue weighted by Gasteiger charge is -2.34. The summed E-state index contributed by atoms with van der Waals surface area (Å²) >= 11 is 0. The Labute approximate surface area is 113 Å². The summed E-state index contributed by atoms with van der Waals surface area (Å²) in [6, 6.07) is 1.12. The predicted molar refractivity (Wildman–Crippen MR) is 76.8 cm³/mol.